The minimum Gasteiger partial charge on any atom is -0.432 e. The highest BCUT2D eigenvalue weighted by Crippen LogP contribution is 2.31. The molecular weight excluding hydrogens is 262 g/mol. The zero-order chi connectivity index (χ0) is 14.5. The first-order valence-electron chi connectivity index (χ1n) is 5.44. The lowest BCUT2D eigenvalue weighted by Crippen LogP contribution is -2.09. The normalized spacial score (nSPS) is 9.60. The molecule has 0 spiro atoms. The molecule has 0 fully saturated rings. The summed E-state index contributed by atoms with van der Waals surface area (Å²) in [5.74, 6) is 5.35. The maximum atomic E-state index is 10.9. The molecule has 0 saturated heterocycles. The van der Waals surface area contributed by atoms with Crippen molar-refractivity contribution >= 4 is 11.5 Å². The number of nitrogens with one attached hydrogen (secondary N) is 1. The number of hydrazine groups is 1. The lowest BCUT2D eigenvalue weighted by Gasteiger charge is -2.08. The van der Waals surface area contributed by atoms with Gasteiger partial charge in [-0.1, -0.05) is 12.1 Å². The minimum atomic E-state index is -0.627. The number of ether oxygens (including phenoxy) is 1. The molecule has 0 aliphatic heterocycles. The van der Waals surface area contributed by atoms with E-state index in [9.17, 15) is 10.1 Å². The number of anilines is 1. The van der Waals surface area contributed by atoms with E-state index in [0.29, 0.717) is 0 Å². The van der Waals surface area contributed by atoms with E-state index in [1.807, 2.05) is 6.07 Å². The van der Waals surface area contributed by atoms with Gasteiger partial charge in [-0.2, -0.15) is 10.2 Å². The Bertz CT molecular complexity index is 696. The predicted molar refractivity (Wildman–Crippen MR) is 69.9 cm³/mol. The Morgan fingerprint density at radius 2 is 2.10 bits per heavy atom. The number of benzene rings is 1. The minimum absolute atomic E-state index is 0.180. The summed E-state index contributed by atoms with van der Waals surface area (Å²) in [6.07, 6.45) is 0. The summed E-state index contributed by atoms with van der Waals surface area (Å²) in [6.45, 7) is 0. The number of nitro groups is 1. The van der Waals surface area contributed by atoms with Gasteiger partial charge in [-0.25, -0.2) is 5.84 Å². The summed E-state index contributed by atoms with van der Waals surface area (Å²) < 4.78 is 5.36. The van der Waals surface area contributed by atoms with Crippen molar-refractivity contribution in [1.82, 2.24) is 4.98 Å². The SMILES string of the molecule is N#Cc1ccccc1Oc1nc(NN)ccc1[N+](=O)[O-]. The molecule has 0 atom stereocenters. The number of hydrogen-bond acceptors (Lipinski definition) is 7. The van der Waals surface area contributed by atoms with Gasteiger partial charge in [-0.05, 0) is 18.2 Å². The van der Waals surface area contributed by atoms with Crippen molar-refractivity contribution in [3.8, 4) is 17.7 Å². The monoisotopic (exact) mass is 271 g/mol. The predicted octanol–water partition coefficient (Wildman–Crippen LogP) is 1.94. The van der Waals surface area contributed by atoms with Crippen molar-refractivity contribution in [3.63, 3.8) is 0 Å². The lowest BCUT2D eigenvalue weighted by atomic mass is 10.2. The van der Waals surface area contributed by atoms with Crippen LogP contribution >= 0.6 is 0 Å². The average molecular weight is 271 g/mol. The van der Waals surface area contributed by atoms with Crippen LogP contribution in [0.4, 0.5) is 11.5 Å². The van der Waals surface area contributed by atoms with Gasteiger partial charge in [0.25, 0.3) is 0 Å². The van der Waals surface area contributed by atoms with E-state index in [2.05, 4.69) is 10.4 Å². The molecule has 100 valence electrons. The van der Waals surface area contributed by atoms with Crippen LogP contribution in [0.3, 0.4) is 0 Å². The topological polar surface area (TPSA) is 127 Å². The molecule has 0 aliphatic rings. The smallest absolute Gasteiger partial charge is 0.331 e. The number of nitrogens with two attached hydrogens (primary N) is 1. The number of pyridine rings is 1. The Kier molecular flexibility index (Phi) is 3.74. The molecule has 0 aliphatic carbocycles. The molecule has 0 radical (unpaired) electrons. The maximum absolute atomic E-state index is 10.9. The third-order valence-corrected chi connectivity index (χ3v) is 2.40. The van der Waals surface area contributed by atoms with Gasteiger partial charge in [-0.15, -0.1) is 0 Å². The first-order valence-corrected chi connectivity index (χ1v) is 5.44. The fourth-order valence-corrected chi connectivity index (χ4v) is 1.48. The summed E-state index contributed by atoms with van der Waals surface area (Å²) in [5, 5.41) is 19.9. The molecule has 8 nitrogen and oxygen atoms in total. The second-order valence-corrected chi connectivity index (χ2v) is 3.63. The van der Waals surface area contributed by atoms with Gasteiger partial charge in [0.2, 0.25) is 0 Å². The number of para-hydroxylation sites is 1. The number of nitriles is 1. The number of nitrogens with zero attached hydrogens (tertiary/aromatic N) is 3. The highest BCUT2D eigenvalue weighted by molar-refractivity contribution is 5.52. The zero-order valence-corrected chi connectivity index (χ0v) is 10.1. The van der Waals surface area contributed by atoms with E-state index < -0.39 is 4.92 Å². The quantitative estimate of drug-likeness (QED) is 0.494. The van der Waals surface area contributed by atoms with Gasteiger partial charge < -0.3 is 10.2 Å². The Labute approximate surface area is 113 Å². The third-order valence-electron chi connectivity index (χ3n) is 2.40. The first kappa shape index (κ1) is 13.3. The van der Waals surface area contributed by atoms with E-state index in [0.717, 1.165) is 0 Å². The second-order valence-electron chi connectivity index (χ2n) is 3.63. The number of aromatic nitrogens is 1. The second kappa shape index (κ2) is 5.64. The molecule has 1 aromatic heterocycles. The van der Waals surface area contributed by atoms with Crippen LogP contribution in [0.15, 0.2) is 36.4 Å². The molecule has 2 rings (SSSR count). The van der Waals surface area contributed by atoms with Gasteiger partial charge >= 0.3 is 11.6 Å². The highest BCUT2D eigenvalue weighted by atomic mass is 16.6. The third kappa shape index (κ3) is 2.63. The van der Waals surface area contributed by atoms with Crippen LogP contribution in [0.2, 0.25) is 0 Å². The molecular formula is C12H9N5O3. The van der Waals surface area contributed by atoms with Crippen LogP contribution in [0.1, 0.15) is 5.56 Å². The average Bonchev–Trinajstić information content (AvgIpc) is 2.47. The molecule has 2 aromatic rings. The Hall–Kier alpha value is -3.18. The number of rotatable bonds is 4. The molecule has 8 heteroatoms. The zero-order valence-electron chi connectivity index (χ0n) is 10.1. The van der Waals surface area contributed by atoms with Crippen LogP contribution in [0, 0.1) is 21.4 Å². The molecule has 0 saturated carbocycles. The van der Waals surface area contributed by atoms with E-state index in [1.165, 1.54) is 24.3 Å². The summed E-state index contributed by atoms with van der Waals surface area (Å²) >= 11 is 0. The lowest BCUT2D eigenvalue weighted by molar-refractivity contribution is -0.386. The molecule has 20 heavy (non-hydrogen) atoms. The molecule has 1 aromatic carbocycles. The number of nitrogen functional groups attached to an aromatic ring is 1. The number of hydrogen-bond donors (Lipinski definition) is 2. The van der Waals surface area contributed by atoms with Crippen molar-refractivity contribution in [3.05, 3.63) is 52.1 Å². The summed E-state index contributed by atoms with van der Waals surface area (Å²) in [7, 11) is 0. The fourth-order valence-electron chi connectivity index (χ4n) is 1.48. The summed E-state index contributed by atoms with van der Waals surface area (Å²) in [4.78, 5) is 14.2. The van der Waals surface area contributed by atoms with Crippen LogP contribution in [0.25, 0.3) is 0 Å². The van der Waals surface area contributed by atoms with Crippen LogP contribution in [-0.2, 0) is 0 Å². The van der Waals surface area contributed by atoms with Gasteiger partial charge in [0.1, 0.15) is 17.6 Å². The molecule has 0 bridgehead atoms. The van der Waals surface area contributed by atoms with Crippen molar-refractivity contribution in [2.24, 2.45) is 5.84 Å². The van der Waals surface area contributed by atoms with E-state index in [4.69, 9.17) is 15.8 Å². The van der Waals surface area contributed by atoms with Crippen LogP contribution in [-0.4, -0.2) is 9.91 Å². The van der Waals surface area contributed by atoms with E-state index in [-0.39, 0.29) is 28.7 Å². The standard InChI is InChI=1S/C12H9N5O3/c13-7-8-3-1-2-4-10(8)20-12-9(17(18)19)5-6-11(15-12)16-14/h1-6H,14H2,(H,15,16). The van der Waals surface area contributed by atoms with E-state index >= 15 is 0 Å². The van der Waals surface area contributed by atoms with Gasteiger partial charge in [0.05, 0.1) is 10.5 Å². The Morgan fingerprint density at radius 1 is 1.35 bits per heavy atom. The van der Waals surface area contributed by atoms with Crippen molar-refractivity contribution in [1.29, 1.82) is 5.26 Å². The van der Waals surface area contributed by atoms with Crippen molar-refractivity contribution < 1.29 is 9.66 Å². The van der Waals surface area contributed by atoms with Gasteiger partial charge in [-0.3, -0.25) is 10.1 Å². The molecule has 0 amide bonds. The first-order chi connectivity index (χ1) is 9.65. The Balaban J connectivity index is 2.46. The van der Waals surface area contributed by atoms with Crippen LogP contribution < -0.4 is 16.0 Å². The Morgan fingerprint density at radius 3 is 2.75 bits per heavy atom. The van der Waals surface area contributed by atoms with Crippen molar-refractivity contribution in [2.45, 2.75) is 0 Å². The molecule has 3 N–H and O–H groups in total. The maximum Gasteiger partial charge on any atom is 0.331 e. The highest BCUT2D eigenvalue weighted by Gasteiger charge is 2.19. The van der Waals surface area contributed by atoms with E-state index in [1.54, 1.807) is 12.1 Å². The van der Waals surface area contributed by atoms with Gasteiger partial charge in [0, 0.05) is 6.07 Å². The summed E-state index contributed by atoms with van der Waals surface area (Å²) in [6, 6.07) is 10.9. The van der Waals surface area contributed by atoms with Crippen LogP contribution in [0.5, 0.6) is 11.6 Å². The molecule has 0 unspecified atom stereocenters. The largest absolute Gasteiger partial charge is 0.432 e. The summed E-state index contributed by atoms with van der Waals surface area (Å²) in [5.41, 5.74) is 2.19. The van der Waals surface area contributed by atoms with Crippen molar-refractivity contribution in [2.75, 3.05) is 5.43 Å². The molecule has 1 heterocycles. The fraction of sp³-hybridized carbons (Fsp3) is 0. The van der Waals surface area contributed by atoms with Gasteiger partial charge in [0.15, 0.2) is 0 Å².